The maximum atomic E-state index is 14.1. The highest BCUT2D eigenvalue weighted by Crippen LogP contribution is 2.49. The summed E-state index contributed by atoms with van der Waals surface area (Å²) in [7, 11) is 0. The minimum absolute atomic E-state index is 0.176. The Morgan fingerprint density at radius 2 is 1.83 bits per heavy atom. The van der Waals surface area contributed by atoms with E-state index in [1.165, 1.54) is 6.92 Å². The average molecular weight is 433 g/mol. The zero-order chi connectivity index (χ0) is 22.3. The van der Waals surface area contributed by atoms with Crippen molar-refractivity contribution in [3.8, 4) is 0 Å². The van der Waals surface area contributed by atoms with Crippen molar-refractivity contribution >= 4 is 17.9 Å². The number of nitrogens with zero attached hydrogens (tertiary/aromatic N) is 3. The van der Waals surface area contributed by atoms with Gasteiger partial charge in [-0.05, 0) is 18.9 Å². The third-order valence-electron chi connectivity index (χ3n) is 4.68. The zero-order valence-electron chi connectivity index (χ0n) is 15.4. The van der Waals surface area contributed by atoms with E-state index in [2.05, 4.69) is 5.10 Å². The number of halogens is 5. The molecule has 1 aliphatic rings. The van der Waals surface area contributed by atoms with Gasteiger partial charge in [0, 0.05) is 12.1 Å². The number of carbonyl (C=O) groups excluding carboxylic acids is 1. The molecular weight excluding hydrogens is 417 g/mol. The van der Waals surface area contributed by atoms with Crippen molar-refractivity contribution in [1.82, 2.24) is 9.78 Å². The Bertz CT molecular complexity index is 945. The van der Waals surface area contributed by atoms with Gasteiger partial charge in [0.1, 0.15) is 18.5 Å². The van der Waals surface area contributed by atoms with Crippen LogP contribution in [0.5, 0.6) is 0 Å². The molecule has 7 nitrogen and oxygen atoms in total. The Morgan fingerprint density at radius 3 is 2.40 bits per heavy atom. The van der Waals surface area contributed by atoms with E-state index in [0.717, 1.165) is 11.0 Å². The van der Waals surface area contributed by atoms with Gasteiger partial charge in [-0.25, -0.2) is 14.3 Å². The number of carbonyl (C=O) groups is 2. The first-order valence-electron chi connectivity index (χ1n) is 8.70. The fourth-order valence-electron chi connectivity index (χ4n) is 3.21. The van der Waals surface area contributed by atoms with Crippen LogP contribution in [0.4, 0.5) is 32.6 Å². The molecule has 0 fully saturated rings. The fraction of sp³-hybridized carbons (Fsp3) is 0.389. The molecule has 12 heteroatoms. The highest BCUT2D eigenvalue weighted by molar-refractivity contribution is 5.91. The number of aromatic nitrogens is 2. The molecule has 1 aromatic heterocycles. The van der Waals surface area contributed by atoms with Crippen molar-refractivity contribution in [2.45, 2.75) is 44.1 Å². The Kier molecular flexibility index (Phi) is 5.44. The second-order valence-corrected chi connectivity index (χ2v) is 6.77. The summed E-state index contributed by atoms with van der Waals surface area (Å²) in [5.74, 6) is -7.35. The molecule has 30 heavy (non-hydrogen) atoms. The smallest absolute Gasteiger partial charge is 0.455 e. The number of carboxylic acids is 1. The summed E-state index contributed by atoms with van der Waals surface area (Å²) in [6.45, 7) is 1.09. The van der Waals surface area contributed by atoms with Crippen molar-refractivity contribution in [2.75, 3.05) is 4.90 Å². The monoisotopic (exact) mass is 433 g/mol. The van der Waals surface area contributed by atoms with E-state index in [1.54, 1.807) is 30.3 Å². The number of amides is 1. The van der Waals surface area contributed by atoms with Crippen LogP contribution in [0.15, 0.2) is 36.4 Å². The van der Waals surface area contributed by atoms with E-state index in [9.17, 15) is 31.5 Å². The van der Waals surface area contributed by atoms with Gasteiger partial charge >= 0.3 is 24.2 Å². The van der Waals surface area contributed by atoms with Crippen LogP contribution in [0.3, 0.4) is 0 Å². The summed E-state index contributed by atoms with van der Waals surface area (Å²) in [5, 5.41) is 12.5. The summed E-state index contributed by atoms with van der Waals surface area (Å²) in [6.07, 6.45) is -7.74. The van der Waals surface area contributed by atoms with E-state index in [4.69, 9.17) is 9.84 Å². The maximum Gasteiger partial charge on any atom is 0.455 e. The molecule has 2 atom stereocenters. The fourth-order valence-corrected chi connectivity index (χ4v) is 3.21. The third kappa shape index (κ3) is 3.81. The quantitative estimate of drug-likeness (QED) is 0.729. The predicted octanol–water partition coefficient (Wildman–Crippen LogP) is 4.26. The molecule has 0 spiro atoms. The van der Waals surface area contributed by atoms with E-state index < -0.39 is 54.2 Å². The second kappa shape index (κ2) is 7.58. The number of alkyl halides is 5. The Balaban J connectivity index is 1.96. The lowest BCUT2D eigenvalue weighted by molar-refractivity contribution is -0.301. The first kappa shape index (κ1) is 21.5. The summed E-state index contributed by atoms with van der Waals surface area (Å²) in [5.41, 5.74) is -0.153. The molecular formula is C18H16F5N3O4. The molecule has 162 valence electrons. The van der Waals surface area contributed by atoms with Gasteiger partial charge in [0.05, 0.1) is 0 Å². The number of anilines is 1. The Hall–Kier alpha value is -3.18. The van der Waals surface area contributed by atoms with Gasteiger partial charge in [-0.1, -0.05) is 30.3 Å². The van der Waals surface area contributed by atoms with Crippen LogP contribution in [0.1, 0.15) is 35.4 Å². The number of hydrogen-bond donors (Lipinski definition) is 1. The lowest BCUT2D eigenvalue weighted by Gasteiger charge is -2.40. The minimum Gasteiger partial charge on any atom is -0.476 e. The van der Waals surface area contributed by atoms with Crippen molar-refractivity contribution in [2.24, 2.45) is 0 Å². The van der Waals surface area contributed by atoms with E-state index in [0.29, 0.717) is 5.56 Å². The van der Waals surface area contributed by atoms with Gasteiger partial charge in [0.15, 0.2) is 5.69 Å². The highest BCUT2D eigenvalue weighted by atomic mass is 19.4. The van der Waals surface area contributed by atoms with E-state index >= 15 is 0 Å². The van der Waals surface area contributed by atoms with Crippen LogP contribution < -0.4 is 4.90 Å². The largest absolute Gasteiger partial charge is 0.476 e. The van der Waals surface area contributed by atoms with Crippen LogP contribution in [0.2, 0.25) is 0 Å². The lowest BCUT2D eigenvalue weighted by Crippen LogP contribution is -2.53. The average Bonchev–Trinajstić information content (AvgIpc) is 3.10. The molecule has 2 unspecified atom stereocenters. The maximum absolute atomic E-state index is 14.1. The van der Waals surface area contributed by atoms with Gasteiger partial charge in [-0.15, -0.1) is 0 Å². The normalized spacial score (nSPS) is 19.3. The zero-order valence-corrected chi connectivity index (χ0v) is 15.4. The molecule has 2 heterocycles. The summed E-state index contributed by atoms with van der Waals surface area (Å²) in [4.78, 5) is 24.6. The first-order valence-corrected chi connectivity index (χ1v) is 8.70. The number of fused-ring (bicyclic) bond motifs is 1. The van der Waals surface area contributed by atoms with E-state index in [1.807, 2.05) is 0 Å². The number of aromatic carboxylic acids is 1. The Labute approximate surface area is 166 Å². The summed E-state index contributed by atoms with van der Waals surface area (Å²) < 4.78 is 72.5. The third-order valence-corrected chi connectivity index (χ3v) is 4.68. The molecule has 1 N–H and O–H groups in total. The number of rotatable bonds is 4. The van der Waals surface area contributed by atoms with Crippen LogP contribution in [-0.4, -0.2) is 45.1 Å². The van der Waals surface area contributed by atoms with Gasteiger partial charge in [0.2, 0.25) is 0 Å². The number of carboxylic acid groups (broad SMARTS) is 1. The summed E-state index contributed by atoms with van der Waals surface area (Å²) in [6, 6.07) is 5.58. The van der Waals surface area contributed by atoms with Gasteiger partial charge in [0.25, 0.3) is 0 Å². The van der Waals surface area contributed by atoms with Crippen LogP contribution in [0.25, 0.3) is 0 Å². The lowest BCUT2D eigenvalue weighted by atomic mass is 9.98. The molecule has 1 aromatic carbocycles. The number of hydrogen-bond acceptors (Lipinski definition) is 4. The number of benzene rings is 1. The van der Waals surface area contributed by atoms with Crippen molar-refractivity contribution in [3.05, 3.63) is 47.7 Å². The summed E-state index contributed by atoms with van der Waals surface area (Å²) >= 11 is 0. The SMILES string of the molecule is CC1CC(C(F)(F)C(F)(F)F)n2nc(C(=O)O)cc2N1C(=O)OCc1ccccc1. The molecule has 0 saturated heterocycles. The molecule has 1 amide bonds. The number of ether oxygens (including phenoxy) is 1. The van der Waals surface area contributed by atoms with Gasteiger partial charge < -0.3 is 9.84 Å². The van der Waals surface area contributed by atoms with Crippen LogP contribution in [0, 0.1) is 0 Å². The Morgan fingerprint density at radius 1 is 1.20 bits per heavy atom. The molecule has 1 aliphatic heterocycles. The first-order chi connectivity index (χ1) is 13.9. The van der Waals surface area contributed by atoms with E-state index in [-0.39, 0.29) is 11.3 Å². The molecule has 0 radical (unpaired) electrons. The second-order valence-electron chi connectivity index (χ2n) is 6.77. The van der Waals surface area contributed by atoms with Gasteiger partial charge in [-0.3, -0.25) is 4.90 Å². The van der Waals surface area contributed by atoms with Crippen molar-refractivity contribution in [1.29, 1.82) is 0 Å². The van der Waals surface area contributed by atoms with Crippen LogP contribution in [-0.2, 0) is 11.3 Å². The van der Waals surface area contributed by atoms with Crippen molar-refractivity contribution in [3.63, 3.8) is 0 Å². The van der Waals surface area contributed by atoms with Crippen molar-refractivity contribution < 1.29 is 41.4 Å². The molecule has 3 rings (SSSR count). The highest BCUT2D eigenvalue weighted by Gasteiger charge is 2.65. The molecule has 2 aromatic rings. The minimum atomic E-state index is -5.89. The van der Waals surface area contributed by atoms with Crippen LogP contribution >= 0.6 is 0 Å². The van der Waals surface area contributed by atoms with Gasteiger partial charge in [-0.2, -0.15) is 27.1 Å². The predicted molar refractivity (Wildman–Crippen MR) is 92.4 cm³/mol. The standard InChI is InChI=1S/C18H16F5N3O4/c1-10-7-13(17(19,20)18(21,22)23)26-14(8-12(24-26)15(27)28)25(10)16(29)30-9-11-5-3-2-4-6-11/h2-6,8,10,13H,7,9H2,1H3,(H,27,28). The molecule has 0 aliphatic carbocycles. The topological polar surface area (TPSA) is 84.7 Å². The molecule has 0 saturated carbocycles. The molecule has 0 bridgehead atoms.